The van der Waals surface area contributed by atoms with Gasteiger partial charge in [0.2, 0.25) is 13.4 Å². The fourth-order valence-corrected chi connectivity index (χ4v) is 7.36. The van der Waals surface area contributed by atoms with Crippen molar-refractivity contribution in [3.63, 3.8) is 0 Å². The van der Waals surface area contributed by atoms with Crippen molar-refractivity contribution in [1.29, 1.82) is 0 Å². The van der Waals surface area contributed by atoms with E-state index in [-0.39, 0.29) is 12.4 Å². The molecular weight excluding hydrogens is 444 g/mol. The van der Waals surface area contributed by atoms with Crippen LogP contribution in [0.3, 0.4) is 0 Å². The van der Waals surface area contributed by atoms with Crippen molar-refractivity contribution >= 4 is 41.4 Å². The SMILES string of the molecule is CCCCCCCCCCCCS(=O)(=O)C(=S)S(=O)(=O)C(C)(C)C(=O)OCCCC. The zero-order valence-electron chi connectivity index (χ0n) is 19.1. The highest BCUT2D eigenvalue weighted by atomic mass is 32.3. The molecule has 30 heavy (non-hydrogen) atoms. The van der Waals surface area contributed by atoms with Crippen LogP contribution in [0.4, 0.5) is 0 Å². The van der Waals surface area contributed by atoms with E-state index in [4.69, 9.17) is 17.0 Å². The van der Waals surface area contributed by atoms with Gasteiger partial charge in [0.25, 0.3) is 0 Å². The highest BCUT2D eigenvalue weighted by Crippen LogP contribution is 2.24. The molecule has 0 spiro atoms. The second-order valence-corrected chi connectivity index (χ2v) is 13.9. The minimum atomic E-state index is -4.53. The molecular formula is C21H40O6S3. The summed E-state index contributed by atoms with van der Waals surface area (Å²) in [6.07, 6.45) is 11.8. The molecule has 0 aromatic carbocycles. The average Bonchev–Trinajstić information content (AvgIpc) is 2.68. The van der Waals surface area contributed by atoms with Crippen molar-refractivity contribution in [1.82, 2.24) is 0 Å². The van der Waals surface area contributed by atoms with Crippen molar-refractivity contribution in [2.45, 2.75) is 109 Å². The first-order valence-electron chi connectivity index (χ1n) is 11.1. The van der Waals surface area contributed by atoms with Crippen LogP contribution in [0.2, 0.25) is 0 Å². The number of thiocarbonyl (C=S) groups is 1. The van der Waals surface area contributed by atoms with E-state index in [2.05, 4.69) is 6.92 Å². The van der Waals surface area contributed by atoms with E-state index < -0.39 is 33.9 Å². The molecule has 0 rings (SSSR count). The predicted molar refractivity (Wildman–Crippen MR) is 127 cm³/mol. The molecule has 0 aliphatic heterocycles. The normalized spacial score (nSPS) is 12.7. The quantitative estimate of drug-likeness (QED) is 0.170. The van der Waals surface area contributed by atoms with Crippen LogP contribution in [0.1, 0.15) is 105 Å². The van der Waals surface area contributed by atoms with Gasteiger partial charge in [0.15, 0.2) is 14.6 Å². The Hall–Kier alpha value is -0.540. The molecule has 9 heteroatoms. The van der Waals surface area contributed by atoms with Crippen molar-refractivity contribution in [2.24, 2.45) is 0 Å². The Morgan fingerprint density at radius 3 is 1.67 bits per heavy atom. The van der Waals surface area contributed by atoms with Gasteiger partial charge in [0, 0.05) is 0 Å². The van der Waals surface area contributed by atoms with Crippen LogP contribution in [-0.4, -0.2) is 43.4 Å². The van der Waals surface area contributed by atoms with Crippen LogP contribution in [0, 0.1) is 0 Å². The molecule has 0 unspecified atom stereocenters. The molecule has 0 N–H and O–H groups in total. The Morgan fingerprint density at radius 1 is 0.767 bits per heavy atom. The van der Waals surface area contributed by atoms with Gasteiger partial charge < -0.3 is 4.74 Å². The summed E-state index contributed by atoms with van der Waals surface area (Å²) in [5.74, 6) is -1.30. The summed E-state index contributed by atoms with van der Waals surface area (Å²) in [5.41, 5.74) is 0. The summed E-state index contributed by atoms with van der Waals surface area (Å²) in [7, 11) is -8.66. The number of rotatable bonds is 16. The molecule has 0 aromatic heterocycles. The second kappa shape index (κ2) is 14.5. The van der Waals surface area contributed by atoms with Crippen LogP contribution in [0.15, 0.2) is 0 Å². The predicted octanol–water partition coefficient (Wildman–Crippen LogP) is 5.14. The number of unbranched alkanes of at least 4 members (excludes halogenated alkanes) is 10. The summed E-state index contributed by atoms with van der Waals surface area (Å²) in [6, 6.07) is 0. The van der Waals surface area contributed by atoms with Gasteiger partial charge in [-0.2, -0.15) is 0 Å². The Balaban J connectivity index is 4.57. The van der Waals surface area contributed by atoms with Gasteiger partial charge in [0.05, 0.1) is 12.4 Å². The molecule has 0 fully saturated rings. The fraction of sp³-hybridized carbons (Fsp3) is 0.905. The monoisotopic (exact) mass is 484 g/mol. The second-order valence-electron chi connectivity index (χ2n) is 8.25. The van der Waals surface area contributed by atoms with Crippen molar-refractivity contribution in [3.05, 3.63) is 0 Å². The Bertz CT molecular complexity index is 724. The molecule has 0 bridgehead atoms. The van der Waals surface area contributed by atoms with Gasteiger partial charge in [0.1, 0.15) is 0 Å². The molecule has 0 saturated heterocycles. The standard InChI is InChI=1S/C21H40O6S3/c1-5-7-9-10-11-12-13-14-15-16-18-29(23,24)20(28)30(25,26)21(3,4)19(22)27-17-8-6-2/h5-18H2,1-4H3. The van der Waals surface area contributed by atoms with Crippen LogP contribution in [0.5, 0.6) is 0 Å². The van der Waals surface area contributed by atoms with Gasteiger partial charge in [-0.15, -0.1) is 0 Å². The number of ether oxygens (including phenoxy) is 1. The van der Waals surface area contributed by atoms with Gasteiger partial charge in [-0.05, 0) is 26.7 Å². The van der Waals surface area contributed by atoms with Crippen molar-refractivity contribution in [3.8, 4) is 0 Å². The van der Waals surface area contributed by atoms with Crippen LogP contribution < -0.4 is 0 Å². The molecule has 0 atom stereocenters. The van der Waals surface area contributed by atoms with E-state index in [1.807, 2.05) is 6.92 Å². The van der Waals surface area contributed by atoms with Gasteiger partial charge >= 0.3 is 5.97 Å². The zero-order valence-corrected chi connectivity index (χ0v) is 21.5. The van der Waals surface area contributed by atoms with Gasteiger partial charge in [-0.25, -0.2) is 16.8 Å². The maximum atomic E-state index is 12.7. The Kier molecular flexibility index (Phi) is 14.2. The number of esters is 1. The van der Waals surface area contributed by atoms with Crippen LogP contribution in [-0.2, 0) is 29.2 Å². The molecule has 0 aliphatic carbocycles. The maximum Gasteiger partial charge on any atom is 0.327 e. The smallest absolute Gasteiger partial charge is 0.327 e. The first-order valence-corrected chi connectivity index (χ1v) is 14.7. The highest BCUT2D eigenvalue weighted by Gasteiger charge is 2.49. The summed E-state index contributed by atoms with van der Waals surface area (Å²) >= 11 is 4.82. The van der Waals surface area contributed by atoms with E-state index in [0.29, 0.717) is 19.3 Å². The number of sulfone groups is 2. The lowest BCUT2D eigenvalue weighted by atomic mass is 10.1. The van der Waals surface area contributed by atoms with E-state index in [0.717, 1.165) is 39.5 Å². The van der Waals surface area contributed by atoms with E-state index in [1.165, 1.54) is 32.1 Å². The lowest BCUT2D eigenvalue weighted by Gasteiger charge is -2.23. The number of hydrogen-bond acceptors (Lipinski definition) is 7. The summed E-state index contributed by atoms with van der Waals surface area (Å²) < 4.78 is 52.3. The van der Waals surface area contributed by atoms with E-state index in [9.17, 15) is 21.6 Å². The highest BCUT2D eigenvalue weighted by molar-refractivity contribution is 8.41. The minimum absolute atomic E-state index is 0.0897. The Labute approximate surface area is 189 Å². The summed E-state index contributed by atoms with van der Waals surface area (Å²) in [4.78, 5) is 12.2. The van der Waals surface area contributed by atoms with Crippen LogP contribution >= 0.6 is 12.2 Å². The first-order chi connectivity index (χ1) is 13.9. The summed E-state index contributed by atoms with van der Waals surface area (Å²) in [6.45, 7) is 6.46. The molecule has 0 aromatic rings. The topological polar surface area (TPSA) is 94.6 Å². The minimum Gasteiger partial charge on any atom is -0.465 e. The molecule has 0 radical (unpaired) electrons. The number of hydrogen-bond donors (Lipinski definition) is 0. The van der Waals surface area contributed by atoms with Crippen molar-refractivity contribution < 1.29 is 26.4 Å². The largest absolute Gasteiger partial charge is 0.465 e. The molecule has 6 nitrogen and oxygen atoms in total. The lowest BCUT2D eigenvalue weighted by Crippen LogP contribution is -2.47. The molecule has 178 valence electrons. The van der Waals surface area contributed by atoms with E-state index >= 15 is 0 Å². The van der Waals surface area contributed by atoms with Gasteiger partial charge in [-0.3, -0.25) is 4.79 Å². The molecule has 0 aliphatic rings. The van der Waals surface area contributed by atoms with E-state index in [1.54, 1.807) is 0 Å². The number of carbonyl (C=O) groups excluding carboxylic acids is 1. The summed E-state index contributed by atoms with van der Waals surface area (Å²) in [5, 5.41) is 0. The third-order valence-electron chi connectivity index (χ3n) is 5.13. The first kappa shape index (κ1) is 29.5. The third-order valence-corrected chi connectivity index (χ3v) is 11.3. The lowest BCUT2D eigenvalue weighted by molar-refractivity contribution is -0.145. The van der Waals surface area contributed by atoms with Crippen LogP contribution in [0.25, 0.3) is 0 Å². The molecule has 0 amide bonds. The maximum absolute atomic E-state index is 12.7. The van der Waals surface area contributed by atoms with Crippen molar-refractivity contribution in [2.75, 3.05) is 12.4 Å². The average molecular weight is 485 g/mol. The fourth-order valence-electron chi connectivity index (χ4n) is 2.83. The number of carbonyl (C=O) groups is 1. The van der Waals surface area contributed by atoms with Gasteiger partial charge in [-0.1, -0.05) is 90.3 Å². The zero-order chi connectivity index (χ0) is 23.3. The molecule has 0 saturated carbocycles. The third kappa shape index (κ3) is 9.73. The molecule has 0 heterocycles. The Morgan fingerprint density at radius 2 is 1.20 bits per heavy atom.